The fourth-order valence-electron chi connectivity index (χ4n) is 4.57. The first-order valence-corrected chi connectivity index (χ1v) is 13.4. The minimum Gasteiger partial charge on any atom is -0.383 e. The fraction of sp³-hybridized carbons (Fsp3) is 0.148. The van der Waals surface area contributed by atoms with Crippen molar-refractivity contribution in [2.24, 2.45) is 10.7 Å². The second kappa shape index (κ2) is 9.95. The highest BCUT2D eigenvalue weighted by Gasteiger charge is 2.31. The lowest BCUT2D eigenvalue weighted by atomic mass is 9.90. The van der Waals surface area contributed by atoms with Gasteiger partial charge in [-0.15, -0.1) is 0 Å². The number of hydrogen-bond acceptors (Lipinski definition) is 7. The Hall–Kier alpha value is -4.58. The number of allylic oxidation sites excluding steroid dienone is 5. The molecule has 2 aromatic carbocycles. The molecule has 12 heteroatoms. The third-order valence-corrected chi connectivity index (χ3v) is 7.87. The number of fused-ring (bicyclic) bond motifs is 1. The summed E-state index contributed by atoms with van der Waals surface area (Å²) in [7, 11) is -4.31. The first kappa shape index (κ1) is 26.0. The van der Waals surface area contributed by atoms with E-state index in [0.29, 0.717) is 22.8 Å². The fourth-order valence-corrected chi connectivity index (χ4v) is 5.82. The first-order chi connectivity index (χ1) is 18.5. The molecule has 1 aromatic heterocycles. The lowest BCUT2D eigenvalue weighted by Gasteiger charge is -2.25. The van der Waals surface area contributed by atoms with Gasteiger partial charge < -0.3 is 11.5 Å². The number of sulfonamides is 1. The van der Waals surface area contributed by atoms with Gasteiger partial charge >= 0.3 is 0 Å². The van der Waals surface area contributed by atoms with E-state index >= 15 is 0 Å². The Bertz CT molecular complexity index is 1810. The molecule has 9 nitrogen and oxygen atoms in total. The SMILES string of the molecule is CC1N=C(N)C(S(=O)(=O)NC2=CC=C(F)C=C(F)C2)=CC1c1ccc2nc(N)n(-c3ccccc3)c(=O)c2c1. The van der Waals surface area contributed by atoms with E-state index in [-0.39, 0.29) is 33.3 Å². The third-order valence-electron chi connectivity index (χ3n) is 6.42. The molecule has 1 aliphatic heterocycles. The summed E-state index contributed by atoms with van der Waals surface area (Å²) in [6, 6.07) is 13.4. The topological polar surface area (TPSA) is 145 Å². The molecule has 0 saturated heterocycles. The lowest BCUT2D eigenvalue weighted by molar-refractivity contribution is 0.581. The van der Waals surface area contributed by atoms with Crippen LogP contribution in [0.1, 0.15) is 24.8 Å². The third kappa shape index (κ3) is 5.10. The Balaban J connectivity index is 1.55. The van der Waals surface area contributed by atoms with Crippen molar-refractivity contribution < 1.29 is 17.2 Å². The maximum Gasteiger partial charge on any atom is 0.267 e. The summed E-state index contributed by atoms with van der Waals surface area (Å²) in [4.78, 5) is 21.8. The van der Waals surface area contributed by atoms with Crippen LogP contribution in [0.25, 0.3) is 16.6 Å². The summed E-state index contributed by atoms with van der Waals surface area (Å²) in [5.74, 6) is -2.45. The average molecular weight is 551 g/mol. The van der Waals surface area contributed by atoms with E-state index in [1.807, 2.05) is 6.07 Å². The summed E-state index contributed by atoms with van der Waals surface area (Å²) in [6.45, 7) is 1.76. The molecule has 0 radical (unpaired) electrons. The number of nitrogens with one attached hydrogen (secondary N) is 1. The molecule has 5 N–H and O–H groups in total. The van der Waals surface area contributed by atoms with Crippen LogP contribution in [0, 0.1) is 0 Å². The minimum atomic E-state index is -4.31. The van der Waals surface area contributed by atoms with Crippen molar-refractivity contribution in [3.63, 3.8) is 0 Å². The van der Waals surface area contributed by atoms with Crippen LogP contribution in [0.5, 0.6) is 0 Å². The monoisotopic (exact) mass is 550 g/mol. The number of nitrogens with zero attached hydrogens (tertiary/aromatic N) is 3. The highest BCUT2D eigenvalue weighted by atomic mass is 32.2. The number of halogens is 2. The minimum absolute atomic E-state index is 0.0306. The van der Waals surface area contributed by atoms with Gasteiger partial charge in [-0.25, -0.2) is 26.7 Å². The van der Waals surface area contributed by atoms with Crippen molar-refractivity contribution in [3.8, 4) is 5.69 Å². The summed E-state index contributed by atoms with van der Waals surface area (Å²) in [6.07, 6.45) is 3.78. The molecule has 0 saturated carbocycles. The van der Waals surface area contributed by atoms with Crippen LogP contribution in [-0.4, -0.2) is 29.8 Å². The van der Waals surface area contributed by atoms with Crippen LogP contribution < -0.4 is 21.7 Å². The molecule has 1 aliphatic carbocycles. The lowest BCUT2D eigenvalue weighted by Crippen LogP contribution is -2.35. The largest absolute Gasteiger partial charge is 0.383 e. The summed E-state index contributed by atoms with van der Waals surface area (Å²) >= 11 is 0. The van der Waals surface area contributed by atoms with Crippen LogP contribution in [-0.2, 0) is 10.0 Å². The zero-order valence-electron chi connectivity index (χ0n) is 20.7. The zero-order chi connectivity index (χ0) is 27.9. The van der Waals surface area contributed by atoms with E-state index in [9.17, 15) is 22.0 Å². The number of anilines is 1. The highest BCUT2D eigenvalue weighted by Crippen LogP contribution is 2.32. The highest BCUT2D eigenvalue weighted by molar-refractivity contribution is 7.94. The molecule has 200 valence electrons. The number of nitrogens with two attached hydrogens (primary N) is 2. The van der Waals surface area contributed by atoms with Gasteiger partial charge in [0, 0.05) is 24.1 Å². The number of hydrogen-bond donors (Lipinski definition) is 3. The van der Waals surface area contributed by atoms with Gasteiger partial charge in [0.1, 0.15) is 22.4 Å². The van der Waals surface area contributed by atoms with Gasteiger partial charge in [0.05, 0.1) is 22.6 Å². The average Bonchev–Trinajstić information content (AvgIpc) is 3.03. The van der Waals surface area contributed by atoms with Crippen molar-refractivity contribution in [1.82, 2.24) is 14.3 Å². The number of nitrogen functional groups attached to an aromatic ring is 1. The Labute approximate surface area is 222 Å². The van der Waals surface area contributed by atoms with E-state index in [1.165, 1.54) is 10.6 Å². The molecule has 5 rings (SSSR count). The van der Waals surface area contributed by atoms with E-state index < -0.39 is 40.1 Å². The molecule has 2 unspecified atom stereocenters. The molecular formula is C27H24F2N6O3S. The van der Waals surface area contributed by atoms with Gasteiger partial charge in [-0.2, -0.15) is 0 Å². The van der Waals surface area contributed by atoms with Crippen molar-refractivity contribution in [2.45, 2.75) is 25.3 Å². The van der Waals surface area contributed by atoms with Crippen molar-refractivity contribution in [3.05, 3.63) is 111 Å². The Morgan fingerprint density at radius 3 is 2.56 bits per heavy atom. The molecule has 39 heavy (non-hydrogen) atoms. The number of benzene rings is 2. The first-order valence-electron chi connectivity index (χ1n) is 11.9. The van der Waals surface area contributed by atoms with Gasteiger partial charge in [-0.1, -0.05) is 30.3 Å². The number of dihydropyridines is 1. The van der Waals surface area contributed by atoms with Gasteiger partial charge in [-0.3, -0.25) is 14.5 Å². The maximum absolute atomic E-state index is 13.9. The summed E-state index contributed by atoms with van der Waals surface area (Å²) < 4.78 is 57.5. The van der Waals surface area contributed by atoms with E-state index in [1.54, 1.807) is 49.4 Å². The Morgan fingerprint density at radius 1 is 1.08 bits per heavy atom. The molecule has 2 atom stereocenters. The quantitative estimate of drug-likeness (QED) is 0.443. The van der Waals surface area contributed by atoms with E-state index in [2.05, 4.69) is 14.7 Å². The zero-order valence-corrected chi connectivity index (χ0v) is 21.5. The standard InChI is InChI=1S/C27H24F2N6O3S/c1-15-21(14-24(25(30)32-15)39(37,38)34-19-9-8-17(28)12-18(29)13-19)16-7-10-23-22(11-16)26(36)35(27(31)33-23)20-5-3-2-4-6-20/h2-12,14-15,21,34H,13H2,1H3,(H2,30,32)(H2,31,33). The number of aliphatic imine (C=N–C) groups is 1. The molecule has 0 spiro atoms. The molecule has 0 bridgehead atoms. The van der Waals surface area contributed by atoms with Gasteiger partial charge in [0.15, 0.2) is 0 Å². The van der Waals surface area contributed by atoms with Crippen LogP contribution in [0.15, 0.2) is 105 Å². The number of aromatic nitrogens is 2. The van der Waals surface area contributed by atoms with Gasteiger partial charge in [-0.05, 0) is 48.9 Å². The van der Waals surface area contributed by atoms with Crippen molar-refractivity contribution in [1.29, 1.82) is 0 Å². The molecule has 2 heterocycles. The molecule has 0 amide bonds. The Kier molecular flexibility index (Phi) is 6.64. The normalized spacial score (nSPS) is 19.8. The van der Waals surface area contributed by atoms with Crippen LogP contribution in [0.3, 0.4) is 0 Å². The summed E-state index contributed by atoms with van der Waals surface area (Å²) in [5.41, 5.74) is 13.2. The van der Waals surface area contributed by atoms with E-state index in [4.69, 9.17) is 11.5 Å². The molecule has 0 fully saturated rings. The molecular weight excluding hydrogens is 526 g/mol. The second-order valence-electron chi connectivity index (χ2n) is 9.15. The molecule has 2 aliphatic rings. The Morgan fingerprint density at radius 2 is 1.82 bits per heavy atom. The predicted molar refractivity (Wildman–Crippen MR) is 147 cm³/mol. The van der Waals surface area contributed by atoms with E-state index in [0.717, 1.165) is 12.2 Å². The number of amidine groups is 1. The predicted octanol–water partition coefficient (Wildman–Crippen LogP) is 3.61. The van der Waals surface area contributed by atoms with Crippen LogP contribution >= 0.6 is 0 Å². The maximum atomic E-state index is 13.9. The van der Waals surface area contributed by atoms with Crippen molar-refractivity contribution >= 4 is 32.7 Å². The van der Waals surface area contributed by atoms with Gasteiger partial charge in [0.2, 0.25) is 5.95 Å². The van der Waals surface area contributed by atoms with Crippen LogP contribution in [0.2, 0.25) is 0 Å². The number of para-hydroxylation sites is 1. The summed E-state index contributed by atoms with van der Waals surface area (Å²) in [5, 5.41) is 0.288. The second-order valence-corrected chi connectivity index (χ2v) is 10.8. The number of rotatable bonds is 5. The van der Waals surface area contributed by atoms with Crippen LogP contribution in [0.4, 0.5) is 14.7 Å². The smallest absolute Gasteiger partial charge is 0.267 e. The van der Waals surface area contributed by atoms with Crippen molar-refractivity contribution in [2.75, 3.05) is 5.73 Å². The van der Waals surface area contributed by atoms with Gasteiger partial charge in [0.25, 0.3) is 15.6 Å². The molecule has 3 aromatic rings.